The van der Waals surface area contributed by atoms with Crippen molar-refractivity contribution in [2.75, 3.05) is 0 Å². The zero-order valence-corrected chi connectivity index (χ0v) is 35.0. The summed E-state index contributed by atoms with van der Waals surface area (Å²) in [5.41, 5.74) is 0. The Morgan fingerprint density at radius 3 is 1.09 bits per heavy atom. The van der Waals surface area contributed by atoms with E-state index < -0.39 is 91.5 Å². The van der Waals surface area contributed by atoms with E-state index >= 15 is 0 Å². The molecular formula is C42H76O14. The number of aliphatic carboxylic acids is 1. The molecule has 14 heteroatoms. The number of carbonyl (C=O) groups is 5. The third-order valence-corrected chi connectivity index (χ3v) is 9.51. The minimum atomic E-state index is -1.22. The number of ether oxygens (including phenoxy) is 4. The molecule has 0 bridgehead atoms. The van der Waals surface area contributed by atoms with E-state index in [9.17, 15) is 49.5 Å². The summed E-state index contributed by atoms with van der Waals surface area (Å²) in [6.07, 6.45) is 3.30. The lowest BCUT2D eigenvalue weighted by Crippen LogP contribution is -2.31. The number of esters is 4. The molecule has 0 amide bonds. The molecule has 0 fully saturated rings. The summed E-state index contributed by atoms with van der Waals surface area (Å²) < 4.78 is 22.1. The first-order chi connectivity index (χ1) is 26.6. The molecule has 56 heavy (non-hydrogen) atoms. The molecule has 0 aromatic carbocycles. The van der Waals surface area contributed by atoms with Crippen LogP contribution < -0.4 is 0 Å². The van der Waals surface area contributed by atoms with Crippen LogP contribution in [0.15, 0.2) is 0 Å². The quantitative estimate of drug-likeness (QED) is 0.0255. The molecule has 0 saturated carbocycles. The molecule has 0 radical (unpaired) electrons. The Kier molecular flexibility index (Phi) is 31.5. The van der Waals surface area contributed by atoms with Crippen LogP contribution in [0.4, 0.5) is 0 Å². The monoisotopic (exact) mass is 805 g/mol. The molecule has 8 unspecified atom stereocenters. The molecular weight excluding hydrogens is 728 g/mol. The third kappa shape index (κ3) is 30.3. The lowest BCUT2D eigenvalue weighted by atomic mass is 10.0. The van der Waals surface area contributed by atoms with Gasteiger partial charge in [-0.3, -0.25) is 24.0 Å². The van der Waals surface area contributed by atoms with E-state index in [0.29, 0.717) is 38.5 Å². The van der Waals surface area contributed by atoms with Crippen molar-refractivity contribution >= 4 is 29.8 Å². The number of rotatable bonds is 36. The van der Waals surface area contributed by atoms with Gasteiger partial charge in [-0.05, 0) is 51.4 Å². The summed E-state index contributed by atoms with van der Waals surface area (Å²) in [5.74, 6) is -3.87. The van der Waals surface area contributed by atoms with Gasteiger partial charge in [0, 0.05) is 26.2 Å². The van der Waals surface area contributed by atoms with Crippen LogP contribution in [0.5, 0.6) is 0 Å². The van der Waals surface area contributed by atoms with Crippen molar-refractivity contribution in [3.05, 3.63) is 0 Å². The largest absolute Gasteiger partial charge is 0.481 e. The fourth-order valence-electron chi connectivity index (χ4n) is 6.63. The number of aliphatic hydroxyl groups is 4. The molecule has 0 rings (SSSR count). The molecule has 0 aliphatic carbocycles. The van der Waals surface area contributed by atoms with Crippen molar-refractivity contribution < 1.29 is 68.5 Å². The molecule has 5 N–H and O–H groups in total. The third-order valence-electron chi connectivity index (χ3n) is 9.51. The number of unbranched alkanes of at least 4 members (excludes halogenated alkanes) is 8. The van der Waals surface area contributed by atoms with Gasteiger partial charge in [-0.2, -0.15) is 0 Å². The Morgan fingerprint density at radius 1 is 0.411 bits per heavy atom. The normalized spacial score (nSPS) is 15.7. The summed E-state index contributed by atoms with van der Waals surface area (Å²) in [7, 11) is 0. The van der Waals surface area contributed by atoms with Crippen molar-refractivity contribution in [1.82, 2.24) is 0 Å². The van der Waals surface area contributed by atoms with Crippen LogP contribution >= 0.6 is 0 Å². The predicted molar refractivity (Wildman–Crippen MR) is 210 cm³/mol. The van der Waals surface area contributed by atoms with Crippen LogP contribution in [0, 0.1) is 0 Å². The molecule has 0 aliphatic rings. The zero-order chi connectivity index (χ0) is 42.3. The predicted octanol–water partition coefficient (Wildman–Crippen LogP) is 6.62. The van der Waals surface area contributed by atoms with E-state index in [-0.39, 0.29) is 38.5 Å². The average Bonchev–Trinajstić information content (AvgIpc) is 3.07. The zero-order valence-electron chi connectivity index (χ0n) is 35.0. The minimum absolute atomic E-state index is 0.000947. The first-order valence-electron chi connectivity index (χ1n) is 21.3. The standard InChI is InChI=1S/C42H76O14/c1-6-10-14-18-31(44)22-32(45)25-40(50)54-35(19-15-11-7-2)23-33(46)26-41(51)55-36(20-16-12-8-3)24-34(47)27-42(52)56-37(21-17-13-9-4)28-38(29-39(48)49)53-30(5)43/h31-38,44-47H,6-29H2,1-5H3,(H,48,49). The number of carbonyl (C=O) groups excluding carboxylic acids is 4. The topological polar surface area (TPSA) is 223 Å². The number of aliphatic hydroxyl groups excluding tert-OH is 4. The van der Waals surface area contributed by atoms with Crippen molar-refractivity contribution in [3.8, 4) is 0 Å². The van der Waals surface area contributed by atoms with Crippen LogP contribution in [-0.4, -0.2) is 104 Å². The molecule has 14 nitrogen and oxygen atoms in total. The fourth-order valence-corrected chi connectivity index (χ4v) is 6.63. The fraction of sp³-hybridized carbons (Fsp3) is 0.881. The molecule has 0 aromatic rings. The van der Waals surface area contributed by atoms with Gasteiger partial charge in [-0.25, -0.2) is 0 Å². The maximum absolute atomic E-state index is 13.0. The lowest BCUT2D eigenvalue weighted by molar-refractivity contribution is -0.158. The van der Waals surface area contributed by atoms with Crippen molar-refractivity contribution in [2.24, 2.45) is 0 Å². The number of carboxylic acid groups (broad SMARTS) is 1. The van der Waals surface area contributed by atoms with Crippen LogP contribution in [0.2, 0.25) is 0 Å². The highest BCUT2D eigenvalue weighted by Crippen LogP contribution is 2.22. The van der Waals surface area contributed by atoms with Crippen LogP contribution in [0.25, 0.3) is 0 Å². The maximum atomic E-state index is 13.0. The maximum Gasteiger partial charge on any atom is 0.308 e. The smallest absolute Gasteiger partial charge is 0.308 e. The Labute approximate surface area is 335 Å². The van der Waals surface area contributed by atoms with Crippen LogP contribution in [0.3, 0.4) is 0 Å². The molecule has 0 aliphatic heterocycles. The number of carboxylic acids is 1. The summed E-state index contributed by atoms with van der Waals surface area (Å²) in [5, 5.41) is 51.6. The molecule has 0 spiro atoms. The SMILES string of the molecule is CCCCCC(O)CC(O)CC(=O)OC(CCCCC)CC(O)CC(=O)OC(CCCCC)CC(O)CC(=O)OC(CCCCC)CC(CC(=O)O)OC(C)=O. The summed E-state index contributed by atoms with van der Waals surface area (Å²) >= 11 is 0. The van der Waals surface area contributed by atoms with E-state index in [1.165, 1.54) is 6.92 Å². The molecule has 8 atom stereocenters. The molecule has 0 saturated heterocycles. The summed E-state index contributed by atoms with van der Waals surface area (Å²) in [6.45, 7) is 9.29. The van der Waals surface area contributed by atoms with E-state index in [0.717, 1.165) is 64.2 Å². The van der Waals surface area contributed by atoms with Gasteiger partial charge < -0.3 is 44.5 Å². The average molecular weight is 805 g/mol. The van der Waals surface area contributed by atoms with Crippen molar-refractivity contribution in [2.45, 2.75) is 238 Å². The Morgan fingerprint density at radius 2 is 0.750 bits per heavy atom. The first kappa shape index (κ1) is 53.2. The highest BCUT2D eigenvalue weighted by Gasteiger charge is 2.28. The second-order valence-corrected chi connectivity index (χ2v) is 15.3. The molecule has 0 heterocycles. The highest BCUT2D eigenvalue weighted by atomic mass is 16.6. The van der Waals surface area contributed by atoms with Crippen molar-refractivity contribution in [1.29, 1.82) is 0 Å². The van der Waals surface area contributed by atoms with E-state index in [2.05, 4.69) is 6.92 Å². The van der Waals surface area contributed by atoms with Gasteiger partial charge in [-0.15, -0.1) is 0 Å². The van der Waals surface area contributed by atoms with Gasteiger partial charge in [0.25, 0.3) is 0 Å². The first-order valence-corrected chi connectivity index (χ1v) is 21.3. The van der Waals surface area contributed by atoms with Gasteiger partial charge in [0.2, 0.25) is 0 Å². The van der Waals surface area contributed by atoms with Crippen LogP contribution in [0.1, 0.15) is 189 Å². The minimum Gasteiger partial charge on any atom is -0.481 e. The summed E-state index contributed by atoms with van der Waals surface area (Å²) in [6, 6.07) is 0. The van der Waals surface area contributed by atoms with E-state index in [1.807, 2.05) is 20.8 Å². The highest BCUT2D eigenvalue weighted by molar-refractivity contribution is 5.72. The Hall–Kier alpha value is -2.81. The number of hydrogen-bond acceptors (Lipinski definition) is 13. The Bertz CT molecular complexity index is 1050. The second kappa shape index (κ2) is 33.2. The summed E-state index contributed by atoms with van der Waals surface area (Å²) in [4.78, 5) is 61.6. The van der Waals surface area contributed by atoms with Gasteiger partial charge in [-0.1, -0.05) is 85.5 Å². The molecule has 328 valence electrons. The van der Waals surface area contributed by atoms with Gasteiger partial charge in [0.15, 0.2) is 0 Å². The Balaban J connectivity index is 5.38. The lowest BCUT2D eigenvalue weighted by Gasteiger charge is -2.25. The van der Waals surface area contributed by atoms with Crippen LogP contribution in [-0.2, 0) is 42.9 Å². The van der Waals surface area contributed by atoms with Gasteiger partial charge in [0.1, 0.15) is 24.4 Å². The molecule has 0 aromatic heterocycles. The van der Waals surface area contributed by atoms with Gasteiger partial charge in [0.05, 0.1) is 50.1 Å². The van der Waals surface area contributed by atoms with E-state index in [4.69, 9.17) is 18.9 Å². The van der Waals surface area contributed by atoms with Gasteiger partial charge >= 0.3 is 29.8 Å². The second-order valence-electron chi connectivity index (χ2n) is 15.3. The number of hydrogen-bond donors (Lipinski definition) is 5. The van der Waals surface area contributed by atoms with Crippen molar-refractivity contribution in [3.63, 3.8) is 0 Å². The van der Waals surface area contributed by atoms with E-state index in [1.54, 1.807) is 0 Å².